The van der Waals surface area contributed by atoms with Gasteiger partial charge in [0.2, 0.25) is 10.0 Å². The number of carbonyl (C=O) groups excluding carboxylic acids is 1. The number of hydrogen-bond donors (Lipinski definition) is 2. The van der Waals surface area contributed by atoms with Crippen LogP contribution in [-0.2, 0) is 21.4 Å². The maximum Gasteiger partial charge on any atom is 0.407 e. The highest BCUT2D eigenvalue weighted by Gasteiger charge is 2.09. The summed E-state index contributed by atoms with van der Waals surface area (Å²) in [6.07, 6.45) is -0.125. The number of sulfonamides is 1. The van der Waals surface area contributed by atoms with E-state index in [0.717, 1.165) is 4.43 Å². The fourth-order valence-corrected chi connectivity index (χ4v) is 3.58. The van der Waals surface area contributed by atoms with Gasteiger partial charge in [-0.1, -0.05) is 22.6 Å². The summed E-state index contributed by atoms with van der Waals surface area (Å²) in [5, 5.41) is 12.9. The van der Waals surface area contributed by atoms with Crippen molar-refractivity contribution >= 4 is 44.4 Å². The number of benzene rings is 1. The normalized spacial score (nSPS) is 11.0. The molecule has 0 bridgehead atoms. The Kier molecular flexibility index (Phi) is 8.92. The predicted molar refractivity (Wildman–Crippen MR) is 96.6 cm³/mol. The molecule has 0 spiro atoms. The summed E-state index contributed by atoms with van der Waals surface area (Å²) in [6.45, 7) is 0.143. The summed E-state index contributed by atoms with van der Waals surface area (Å²) in [6, 6.07) is 5.63. The van der Waals surface area contributed by atoms with Crippen molar-refractivity contribution in [2.24, 2.45) is 0 Å². The Bertz CT molecular complexity index is 650. The van der Waals surface area contributed by atoms with Gasteiger partial charge in [-0.2, -0.15) is 0 Å². The number of amides is 1. The average Bonchev–Trinajstić information content (AvgIpc) is 2.55. The minimum atomic E-state index is -3.31. The van der Waals surface area contributed by atoms with Crippen molar-refractivity contribution in [1.82, 2.24) is 10.0 Å². The molecule has 9 nitrogen and oxygen atoms in total. The van der Waals surface area contributed by atoms with Gasteiger partial charge in [-0.3, -0.25) is 10.1 Å². The molecule has 0 unspecified atom stereocenters. The van der Waals surface area contributed by atoms with Gasteiger partial charge < -0.3 is 10.1 Å². The lowest BCUT2D eigenvalue weighted by molar-refractivity contribution is -0.384. The molecule has 0 saturated heterocycles. The van der Waals surface area contributed by atoms with Gasteiger partial charge in [0.05, 0.1) is 10.7 Å². The molecule has 11 heteroatoms. The minimum Gasteiger partial charge on any atom is -0.445 e. The van der Waals surface area contributed by atoms with Gasteiger partial charge in [-0.25, -0.2) is 17.9 Å². The van der Waals surface area contributed by atoms with Gasteiger partial charge in [-0.15, -0.1) is 0 Å². The molecule has 0 aromatic heterocycles. The van der Waals surface area contributed by atoms with E-state index in [1.54, 1.807) is 0 Å². The fourth-order valence-electron chi connectivity index (χ4n) is 1.60. The lowest BCUT2D eigenvalue weighted by atomic mass is 10.2. The summed E-state index contributed by atoms with van der Waals surface area (Å²) in [5.74, 6) is 0.0561. The standard InChI is InChI=1S/C13H18IN3O6S/c14-6-1-9-24(21,22)16-8-7-15-13(18)23-10-11-2-4-12(5-3-11)17(19)20/h2-5,16H,1,6-10H2,(H,15,18). The maximum absolute atomic E-state index is 11.5. The highest BCUT2D eigenvalue weighted by Crippen LogP contribution is 2.12. The number of hydrogen-bond acceptors (Lipinski definition) is 6. The Balaban J connectivity index is 2.23. The molecule has 0 fully saturated rings. The zero-order chi connectivity index (χ0) is 18.0. The monoisotopic (exact) mass is 471 g/mol. The van der Waals surface area contributed by atoms with E-state index >= 15 is 0 Å². The molecule has 1 aromatic rings. The Morgan fingerprint density at radius 2 is 1.92 bits per heavy atom. The second-order valence-electron chi connectivity index (χ2n) is 4.68. The number of non-ortho nitro benzene ring substituents is 1. The molecule has 0 atom stereocenters. The third-order valence-electron chi connectivity index (χ3n) is 2.78. The van der Waals surface area contributed by atoms with Crippen LogP contribution in [0.5, 0.6) is 0 Å². The van der Waals surface area contributed by atoms with Crippen LogP contribution in [0.2, 0.25) is 0 Å². The highest BCUT2D eigenvalue weighted by molar-refractivity contribution is 14.1. The first-order valence-corrected chi connectivity index (χ1v) is 10.2. The molecule has 0 aliphatic heterocycles. The van der Waals surface area contributed by atoms with Gasteiger partial charge in [0.1, 0.15) is 6.61 Å². The number of halogens is 1. The molecule has 0 heterocycles. The van der Waals surface area contributed by atoms with Gasteiger partial charge in [0, 0.05) is 29.6 Å². The van der Waals surface area contributed by atoms with E-state index in [2.05, 4.69) is 32.6 Å². The van der Waals surface area contributed by atoms with Crippen LogP contribution in [0.1, 0.15) is 12.0 Å². The smallest absolute Gasteiger partial charge is 0.407 e. The molecule has 134 valence electrons. The molecule has 0 saturated carbocycles. The van der Waals surface area contributed by atoms with Crippen LogP contribution in [0.15, 0.2) is 24.3 Å². The Labute approximate surface area is 153 Å². The second-order valence-corrected chi connectivity index (χ2v) is 7.69. The summed E-state index contributed by atoms with van der Waals surface area (Å²) in [4.78, 5) is 21.5. The van der Waals surface area contributed by atoms with E-state index in [1.807, 2.05) is 0 Å². The minimum absolute atomic E-state index is 0.0365. The van der Waals surface area contributed by atoms with E-state index in [-0.39, 0.29) is 31.1 Å². The van der Waals surface area contributed by atoms with Crippen LogP contribution in [0.3, 0.4) is 0 Å². The van der Waals surface area contributed by atoms with Crippen molar-refractivity contribution in [2.75, 3.05) is 23.3 Å². The zero-order valence-corrected chi connectivity index (χ0v) is 15.7. The van der Waals surface area contributed by atoms with E-state index in [9.17, 15) is 23.3 Å². The lowest BCUT2D eigenvalue weighted by Gasteiger charge is -2.08. The molecule has 1 amide bonds. The molecule has 0 radical (unpaired) electrons. The maximum atomic E-state index is 11.5. The van der Waals surface area contributed by atoms with Crippen molar-refractivity contribution in [2.45, 2.75) is 13.0 Å². The molecule has 0 aliphatic rings. The summed E-state index contributed by atoms with van der Waals surface area (Å²) in [7, 11) is -3.31. The number of ether oxygens (including phenoxy) is 1. The van der Waals surface area contributed by atoms with Crippen LogP contribution in [-0.4, -0.2) is 42.7 Å². The first kappa shape index (κ1) is 20.6. The number of nitrogens with one attached hydrogen (secondary N) is 2. The van der Waals surface area contributed by atoms with Crippen molar-refractivity contribution in [1.29, 1.82) is 0 Å². The van der Waals surface area contributed by atoms with Crippen molar-refractivity contribution in [3.05, 3.63) is 39.9 Å². The van der Waals surface area contributed by atoms with Gasteiger partial charge in [0.15, 0.2) is 0 Å². The molecular formula is C13H18IN3O6S. The summed E-state index contributed by atoms with van der Waals surface area (Å²) in [5.41, 5.74) is 0.563. The van der Waals surface area contributed by atoms with E-state index < -0.39 is 21.0 Å². The second kappa shape index (κ2) is 10.4. The van der Waals surface area contributed by atoms with E-state index in [4.69, 9.17) is 4.74 Å². The SMILES string of the molecule is O=C(NCCNS(=O)(=O)CCCI)OCc1ccc([N+](=O)[O-])cc1. The summed E-state index contributed by atoms with van der Waals surface area (Å²) >= 11 is 2.10. The fraction of sp³-hybridized carbons (Fsp3) is 0.462. The summed E-state index contributed by atoms with van der Waals surface area (Å²) < 4.78 is 31.1. The van der Waals surface area contributed by atoms with Crippen molar-refractivity contribution in [3.63, 3.8) is 0 Å². The third-order valence-corrected chi connectivity index (χ3v) is 5.01. The Morgan fingerprint density at radius 3 is 2.50 bits per heavy atom. The largest absolute Gasteiger partial charge is 0.445 e. The Morgan fingerprint density at radius 1 is 1.25 bits per heavy atom. The third kappa shape index (κ3) is 8.40. The van der Waals surface area contributed by atoms with Crippen molar-refractivity contribution in [3.8, 4) is 0 Å². The molecule has 0 aliphatic carbocycles. The molecule has 1 aromatic carbocycles. The molecule has 1 rings (SSSR count). The van der Waals surface area contributed by atoms with Crippen molar-refractivity contribution < 1.29 is 22.9 Å². The van der Waals surface area contributed by atoms with Crippen LogP contribution in [0.4, 0.5) is 10.5 Å². The topological polar surface area (TPSA) is 128 Å². The average molecular weight is 471 g/mol. The number of nitro groups is 1. The van der Waals surface area contributed by atoms with Gasteiger partial charge in [-0.05, 0) is 24.1 Å². The van der Waals surface area contributed by atoms with Crippen LogP contribution in [0, 0.1) is 10.1 Å². The molecule has 2 N–H and O–H groups in total. The predicted octanol–water partition coefficient (Wildman–Crippen LogP) is 1.57. The van der Waals surface area contributed by atoms with Crippen LogP contribution >= 0.6 is 22.6 Å². The number of nitro benzene ring substituents is 1. The number of nitrogens with zero attached hydrogens (tertiary/aromatic N) is 1. The lowest BCUT2D eigenvalue weighted by Crippen LogP contribution is -2.36. The van der Waals surface area contributed by atoms with Gasteiger partial charge in [0.25, 0.3) is 5.69 Å². The van der Waals surface area contributed by atoms with Gasteiger partial charge >= 0.3 is 6.09 Å². The van der Waals surface area contributed by atoms with Crippen LogP contribution in [0.25, 0.3) is 0 Å². The number of rotatable bonds is 10. The highest BCUT2D eigenvalue weighted by atomic mass is 127. The zero-order valence-electron chi connectivity index (χ0n) is 12.7. The first-order valence-electron chi connectivity index (χ1n) is 7.01. The van der Waals surface area contributed by atoms with E-state index in [0.29, 0.717) is 12.0 Å². The quantitative estimate of drug-likeness (QED) is 0.175. The first-order chi connectivity index (χ1) is 11.3. The van der Waals surface area contributed by atoms with Crippen LogP contribution < -0.4 is 10.0 Å². The molecular weight excluding hydrogens is 453 g/mol. The Hall–Kier alpha value is -1.47. The number of alkyl halides is 1. The number of carbonyl (C=O) groups is 1. The van der Waals surface area contributed by atoms with E-state index in [1.165, 1.54) is 24.3 Å². The molecule has 24 heavy (non-hydrogen) atoms. The number of alkyl carbamates (subject to hydrolysis) is 1.